The molecule has 132 valence electrons. The second-order valence-corrected chi connectivity index (χ2v) is 7.16. The Morgan fingerprint density at radius 1 is 0.962 bits per heavy atom. The zero-order valence-electron chi connectivity index (χ0n) is 12.9. The summed E-state index contributed by atoms with van der Waals surface area (Å²) in [5.74, 6) is 0.542. The van der Waals surface area contributed by atoms with Crippen LogP contribution < -0.4 is 0 Å². The minimum absolute atomic E-state index is 0.200. The number of halogens is 5. The number of rotatable bonds is 1. The number of aromatic nitrogens is 3. The zero-order valence-corrected chi connectivity index (χ0v) is 16.1. The van der Waals surface area contributed by atoms with Gasteiger partial charge in [0.15, 0.2) is 5.82 Å². The van der Waals surface area contributed by atoms with E-state index in [1.165, 1.54) is 6.07 Å². The second-order valence-electron chi connectivity index (χ2n) is 5.60. The van der Waals surface area contributed by atoms with Gasteiger partial charge in [-0.05, 0) is 40.2 Å². The minimum Gasteiger partial charge on any atom is -0.276 e. The average molecular weight is 486 g/mol. The summed E-state index contributed by atoms with van der Waals surface area (Å²) in [6, 6.07) is 10.9. The van der Waals surface area contributed by atoms with Crippen molar-refractivity contribution in [1.82, 2.24) is 14.8 Å². The lowest BCUT2D eigenvalue weighted by Crippen LogP contribution is -2.12. The molecule has 9 heteroatoms. The molecule has 0 radical (unpaired) electrons. The first-order valence-electron chi connectivity index (χ1n) is 7.47. The first-order valence-corrected chi connectivity index (χ1v) is 9.06. The van der Waals surface area contributed by atoms with Crippen molar-refractivity contribution in [2.45, 2.75) is 12.7 Å². The Kier molecular flexibility index (Phi) is 4.23. The highest BCUT2D eigenvalue weighted by Crippen LogP contribution is 2.35. The number of aliphatic imine (C=N–C) groups is 1. The minimum atomic E-state index is -4.45. The Morgan fingerprint density at radius 2 is 1.73 bits per heavy atom. The fourth-order valence-corrected chi connectivity index (χ4v) is 3.80. The second kappa shape index (κ2) is 6.31. The molecule has 1 aliphatic rings. The van der Waals surface area contributed by atoms with Gasteiger partial charge < -0.3 is 0 Å². The molecule has 3 aromatic rings. The topological polar surface area (TPSA) is 43.1 Å². The molecule has 0 aliphatic carbocycles. The third kappa shape index (κ3) is 2.88. The molecule has 0 saturated carbocycles. The van der Waals surface area contributed by atoms with Gasteiger partial charge in [-0.2, -0.15) is 13.2 Å². The molecule has 0 N–H and O–H groups in total. The summed E-state index contributed by atoms with van der Waals surface area (Å²) in [4.78, 5) is 4.55. The molecule has 0 atom stereocenters. The van der Waals surface area contributed by atoms with Gasteiger partial charge in [-0.15, -0.1) is 10.2 Å². The Bertz CT molecular complexity index is 1040. The number of benzene rings is 2. The van der Waals surface area contributed by atoms with Crippen LogP contribution in [0.4, 0.5) is 13.2 Å². The molecule has 1 aliphatic heterocycles. The van der Waals surface area contributed by atoms with Crippen molar-refractivity contribution in [2.75, 3.05) is 0 Å². The van der Waals surface area contributed by atoms with E-state index < -0.39 is 11.7 Å². The monoisotopic (exact) mass is 484 g/mol. The maximum Gasteiger partial charge on any atom is 0.416 e. The quantitative estimate of drug-likeness (QED) is 0.477. The molecule has 26 heavy (non-hydrogen) atoms. The van der Waals surface area contributed by atoms with Crippen LogP contribution in [0.5, 0.6) is 0 Å². The van der Waals surface area contributed by atoms with Crippen molar-refractivity contribution in [2.24, 2.45) is 4.99 Å². The van der Waals surface area contributed by atoms with Crippen molar-refractivity contribution in [3.05, 3.63) is 74.2 Å². The average Bonchev–Trinajstić information content (AvgIpc) is 2.87. The number of nitrogens with zero attached hydrogens (tertiary/aromatic N) is 4. The van der Waals surface area contributed by atoms with Crippen LogP contribution in [0.15, 0.2) is 56.7 Å². The van der Waals surface area contributed by atoms with Gasteiger partial charge in [-0.3, -0.25) is 9.56 Å². The van der Waals surface area contributed by atoms with E-state index in [9.17, 15) is 13.2 Å². The SMILES string of the molecule is FC(F)(F)c1ccc2c(c1)C(c1ccccc1Br)=NCc1nnc(Br)n1-2. The first kappa shape index (κ1) is 17.4. The molecule has 0 saturated heterocycles. The predicted molar refractivity (Wildman–Crippen MR) is 97.5 cm³/mol. The molecule has 0 unspecified atom stereocenters. The van der Waals surface area contributed by atoms with Gasteiger partial charge >= 0.3 is 6.18 Å². The van der Waals surface area contributed by atoms with E-state index in [2.05, 4.69) is 47.0 Å². The summed E-state index contributed by atoms with van der Waals surface area (Å²) in [6.45, 7) is 0.200. The molecular weight excluding hydrogens is 477 g/mol. The van der Waals surface area contributed by atoms with E-state index >= 15 is 0 Å². The van der Waals surface area contributed by atoms with Crippen molar-refractivity contribution >= 4 is 37.6 Å². The summed E-state index contributed by atoms with van der Waals surface area (Å²) < 4.78 is 42.7. The molecule has 0 amide bonds. The fourth-order valence-electron chi connectivity index (χ4n) is 2.85. The summed E-state index contributed by atoms with van der Waals surface area (Å²) in [5, 5.41) is 8.02. The summed E-state index contributed by atoms with van der Waals surface area (Å²) >= 11 is 6.77. The summed E-state index contributed by atoms with van der Waals surface area (Å²) in [6.07, 6.45) is -4.45. The normalized spacial score (nSPS) is 13.7. The van der Waals surface area contributed by atoms with Crippen LogP contribution in [0.1, 0.15) is 22.5 Å². The van der Waals surface area contributed by atoms with Crippen molar-refractivity contribution in [1.29, 1.82) is 0 Å². The highest BCUT2D eigenvalue weighted by atomic mass is 79.9. The number of hydrogen-bond acceptors (Lipinski definition) is 3. The predicted octanol–water partition coefficient (Wildman–Crippen LogP) is 5.16. The maximum atomic E-state index is 13.3. The number of hydrogen-bond donors (Lipinski definition) is 0. The standard InChI is InChI=1S/C17H9Br2F3N4/c18-12-4-2-1-3-10(12)15-11-7-9(17(20,21)22)5-6-13(11)26-14(8-23-15)24-25-16(26)19/h1-7H,8H2. The Morgan fingerprint density at radius 3 is 2.46 bits per heavy atom. The highest BCUT2D eigenvalue weighted by Gasteiger charge is 2.33. The molecule has 4 nitrogen and oxygen atoms in total. The summed E-state index contributed by atoms with van der Waals surface area (Å²) in [5.41, 5.74) is 1.35. The maximum absolute atomic E-state index is 13.3. The van der Waals surface area contributed by atoms with Gasteiger partial charge in [0, 0.05) is 15.6 Å². The molecule has 0 bridgehead atoms. The fraction of sp³-hybridized carbons (Fsp3) is 0.118. The smallest absolute Gasteiger partial charge is 0.276 e. The molecule has 1 aromatic heterocycles. The van der Waals surface area contributed by atoms with Crippen LogP contribution in [-0.2, 0) is 12.7 Å². The third-order valence-electron chi connectivity index (χ3n) is 4.02. The molecule has 0 fully saturated rings. The van der Waals surface area contributed by atoms with Gasteiger partial charge in [0.2, 0.25) is 4.73 Å². The van der Waals surface area contributed by atoms with Crippen molar-refractivity contribution < 1.29 is 13.2 Å². The number of alkyl halides is 3. The van der Waals surface area contributed by atoms with Crippen LogP contribution in [0.2, 0.25) is 0 Å². The Hall–Kier alpha value is -2.00. The van der Waals surface area contributed by atoms with Gasteiger partial charge in [-0.1, -0.05) is 34.1 Å². The molecular formula is C17H9Br2F3N4. The van der Waals surface area contributed by atoms with E-state index in [4.69, 9.17) is 0 Å². The van der Waals surface area contributed by atoms with Crippen LogP contribution in [0.25, 0.3) is 5.69 Å². The van der Waals surface area contributed by atoms with Gasteiger partial charge in [0.25, 0.3) is 0 Å². The van der Waals surface area contributed by atoms with Crippen LogP contribution >= 0.6 is 31.9 Å². The van der Waals surface area contributed by atoms with Crippen LogP contribution in [0.3, 0.4) is 0 Å². The van der Waals surface area contributed by atoms with Gasteiger partial charge in [0.1, 0.15) is 6.54 Å². The first-order chi connectivity index (χ1) is 12.4. The van der Waals surface area contributed by atoms with Crippen molar-refractivity contribution in [3.63, 3.8) is 0 Å². The lowest BCUT2D eigenvalue weighted by atomic mass is 9.98. The number of fused-ring (bicyclic) bond motifs is 3. The molecule has 2 heterocycles. The van der Waals surface area contributed by atoms with Gasteiger partial charge in [-0.25, -0.2) is 0 Å². The van der Waals surface area contributed by atoms with E-state index in [-0.39, 0.29) is 6.54 Å². The van der Waals surface area contributed by atoms with Gasteiger partial charge in [0.05, 0.1) is 17.0 Å². The van der Waals surface area contributed by atoms with Crippen molar-refractivity contribution in [3.8, 4) is 5.69 Å². The van der Waals surface area contributed by atoms with E-state index in [0.29, 0.717) is 33.1 Å². The highest BCUT2D eigenvalue weighted by molar-refractivity contribution is 9.10. The van der Waals surface area contributed by atoms with Crippen LogP contribution in [0, 0.1) is 0 Å². The van der Waals surface area contributed by atoms with E-state index in [1.807, 2.05) is 24.3 Å². The molecule has 2 aromatic carbocycles. The summed E-state index contributed by atoms with van der Waals surface area (Å²) in [7, 11) is 0. The zero-order chi connectivity index (χ0) is 18.5. The lowest BCUT2D eigenvalue weighted by Gasteiger charge is -2.16. The van der Waals surface area contributed by atoms with E-state index in [1.54, 1.807) is 4.57 Å². The lowest BCUT2D eigenvalue weighted by molar-refractivity contribution is -0.137. The Labute approximate surface area is 163 Å². The van der Waals surface area contributed by atoms with E-state index in [0.717, 1.165) is 16.6 Å². The Balaban J connectivity index is 2.03. The molecule has 0 spiro atoms. The largest absolute Gasteiger partial charge is 0.416 e. The third-order valence-corrected chi connectivity index (χ3v) is 5.22. The van der Waals surface area contributed by atoms with Crippen LogP contribution in [-0.4, -0.2) is 20.5 Å². The molecule has 4 rings (SSSR count).